The summed E-state index contributed by atoms with van der Waals surface area (Å²) in [5.74, 6) is -0.233. The minimum atomic E-state index is -0.281. The molecule has 0 heterocycles. The Hall–Kier alpha value is -2.29. The molecule has 0 saturated carbocycles. The van der Waals surface area contributed by atoms with Crippen LogP contribution in [-0.4, -0.2) is 11.0 Å². The van der Waals surface area contributed by atoms with Gasteiger partial charge >= 0.3 is 0 Å². The molecule has 2 aromatic rings. The molecule has 0 aliphatic carbocycles. The van der Waals surface area contributed by atoms with Crippen molar-refractivity contribution in [2.24, 2.45) is 0 Å². The number of amides is 1. The summed E-state index contributed by atoms with van der Waals surface area (Å²) in [6, 6.07) is 11.6. The number of anilines is 1. The molecule has 27 heavy (non-hydrogen) atoms. The predicted octanol–water partition coefficient (Wildman–Crippen LogP) is 6.80. The fourth-order valence-corrected chi connectivity index (χ4v) is 3.02. The lowest BCUT2D eigenvalue weighted by atomic mass is 10.0. The molecule has 148 valence electrons. The highest BCUT2D eigenvalue weighted by molar-refractivity contribution is 6.06. The Morgan fingerprint density at radius 2 is 1.59 bits per heavy atom. The molecule has 0 aliphatic rings. The normalized spacial score (nSPS) is 10.1. The Balaban J connectivity index is 0.00000176. The first-order chi connectivity index (χ1) is 13.0. The number of phenols is 1. The van der Waals surface area contributed by atoms with Gasteiger partial charge in [0.05, 0.1) is 5.56 Å². The van der Waals surface area contributed by atoms with Gasteiger partial charge < -0.3 is 10.4 Å². The van der Waals surface area contributed by atoms with Crippen molar-refractivity contribution in [1.29, 1.82) is 0 Å². The first-order valence-corrected chi connectivity index (χ1v) is 10.2. The summed E-state index contributed by atoms with van der Waals surface area (Å²) in [6.07, 6.45) is 7.46. The van der Waals surface area contributed by atoms with Crippen LogP contribution in [0.1, 0.15) is 79.9 Å². The number of aryl methyl sites for hydroxylation is 3. The van der Waals surface area contributed by atoms with Gasteiger partial charge in [-0.3, -0.25) is 4.79 Å². The van der Waals surface area contributed by atoms with E-state index in [4.69, 9.17) is 0 Å². The summed E-state index contributed by atoms with van der Waals surface area (Å²) >= 11 is 0. The fourth-order valence-electron chi connectivity index (χ4n) is 3.02. The van der Waals surface area contributed by atoms with E-state index in [-0.39, 0.29) is 11.7 Å². The summed E-state index contributed by atoms with van der Waals surface area (Å²) < 4.78 is 0. The molecule has 0 spiro atoms. The number of phenolic OH excluding ortho intramolecular Hbond substituents is 1. The van der Waals surface area contributed by atoms with E-state index in [1.807, 2.05) is 39.0 Å². The van der Waals surface area contributed by atoms with Crippen LogP contribution in [0.4, 0.5) is 5.69 Å². The topological polar surface area (TPSA) is 49.3 Å². The van der Waals surface area contributed by atoms with Crippen molar-refractivity contribution in [1.82, 2.24) is 0 Å². The van der Waals surface area contributed by atoms with Crippen molar-refractivity contribution >= 4 is 11.6 Å². The second-order valence-electron chi connectivity index (χ2n) is 6.79. The largest absolute Gasteiger partial charge is 0.507 e. The number of carbonyl (C=O) groups excluding carboxylic acids is 1. The zero-order chi connectivity index (χ0) is 20.2. The monoisotopic (exact) mass is 369 g/mol. The smallest absolute Gasteiger partial charge is 0.259 e. The molecule has 2 rings (SSSR count). The van der Waals surface area contributed by atoms with Crippen LogP contribution >= 0.6 is 0 Å². The number of benzene rings is 2. The zero-order valence-electron chi connectivity index (χ0n) is 17.6. The molecule has 0 bridgehead atoms. The van der Waals surface area contributed by atoms with E-state index in [0.29, 0.717) is 11.1 Å². The SMILES string of the molecule is CC.CCCCCCCc1ccc(NC(=O)c2cc(C)cc(C)c2O)cc1. The molecule has 3 nitrogen and oxygen atoms in total. The quantitative estimate of drug-likeness (QED) is 0.503. The lowest BCUT2D eigenvalue weighted by molar-refractivity contribution is 0.102. The highest BCUT2D eigenvalue weighted by Gasteiger charge is 2.14. The molecule has 0 saturated heterocycles. The van der Waals surface area contributed by atoms with Crippen molar-refractivity contribution in [3.63, 3.8) is 0 Å². The Morgan fingerprint density at radius 1 is 0.963 bits per heavy atom. The molecule has 3 heteroatoms. The van der Waals surface area contributed by atoms with E-state index in [1.54, 1.807) is 13.0 Å². The Morgan fingerprint density at radius 3 is 2.22 bits per heavy atom. The van der Waals surface area contributed by atoms with E-state index in [9.17, 15) is 9.90 Å². The molecule has 0 atom stereocenters. The van der Waals surface area contributed by atoms with Gasteiger partial charge in [0, 0.05) is 5.69 Å². The molecule has 2 aromatic carbocycles. The number of nitrogens with one attached hydrogen (secondary N) is 1. The maximum absolute atomic E-state index is 12.4. The molecular formula is C24H35NO2. The number of rotatable bonds is 8. The van der Waals surface area contributed by atoms with Gasteiger partial charge in [0.2, 0.25) is 0 Å². The fraction of sp³-hybridized carbons (Fsp3) is 0.458. The maximum atomic E-state index is 12.4. The summed E-state index contributed by atoms with van der Waals surface area (Å²) in [5, 5.41) is 13.0. The number of hydrogen-bond donors (Lipinski definition) is 2. The van der Waals surface area contributed by atoms with Crippen LogP contribution in [0, 0.1) is 13.8 Å². The number of carbonyl (C=O) groups is 1. The molecule has 0 radical (unpaired) electrons. The highest BCUT2D eigenvalue weighted by Crippen LogP contribution is 2.25. The van der Waals surface area contributed by atoms with Crippen molar-refractivity contribution in [3.05, 3.63) is 58.7 Å². The van der Waals surface area contributed by atoms with E-state index in [1.165, 1.54) is 37.7 Å². The third-order valence-corrected chi connectivity index (χ3v) is 4.47. The van der Waals surface area contributed by atoms with Crippen LogP contribution in [-0.2, 0) is 6.42 Å². The summed E-state index contributed by atoms with van der Waals surface area (Å²) in [7, 11) is 0. The first kappa shape index (κ1) is 22.8. The first-order valence-electron chi connectivity index (χ1n) is 10.2. The Labute approximate surface area is 164 Å². The molecule has 0 unspecified atom stereocenters. The summed E-state index contributed by atoms with van der Waals surface area (Å²) in [6.45, 7) is 9.94. The molecule has 2 N–H and O–H groups in total. The van der Waals surface area contributed by atoms with Crippen LogP contribution in [0.5, 0.6) is 5.75 Å². The van der Waals surface area contributed by atoms with E-state index in [2.05, 4.69) is 24.4 Å². The Kier molecular flexibility index (Phi) is 10.2. The van der Waals surface area contributed by atoms with Crippen LogP contribution in [0.2, 0.25) is 0 Å². The van der Waals surface area contributed by atoms with Crippen molar-refractivity contribution in [2.75, 3.05) is 5.32 Å². The van der Waals surface area contributed by atoms with Gasteiger partial charge in [-0.1, -0.05) is 64.7 Å². The van der Waals surface area contributed by atoms with Gasteiger partial charge in [0.25, 0.3) is 5.91 Å². The average molecular weight is 370 g/mol. The minimum absolute atomic E-state index is 0.0480. The molecule has 0 aromatic heterocycles. The van der Waals surface area contributed by atoms with Gasteiger partial charge in [0.15, 0.2) is 0 Å². The van der Waals surface area contributed by atoms with Gasteiger partial charge in [0.1, 0.15) is 5.75 Å². The minimum Gasteiger partial charge on any atom is -0.507 e. The van der Waals surface area contributed by atoms with Crippen LogP contribution < -0.4 is 5.32 Å². The molecular weight excluding hydrogens is 334 g/mol. The van der Waals surface area contributed by atoms with Gasteiger partial charge in [-0.05, 0) is 61.6 Å². The number of aromatic hydroxyl groups is 1. The van der Waals surface area contributed by atoms with Crippen LogP contribution in [0.25, 0.3) is 0 Å². The second kappa shape index (κ2) is 12.2. The number of hydrogen-bond acceptors (Lipinski definition) is 2. The molecule has 0 fully saturated rings. The van der Waals surface area contributed by atoms with Gasteiger partial charge in [-0.15, -0.1) is 0 Å². The van der Waals surface area contributed by atoms with Crippen LogP contribution in [0.15, 0.2) is 36.4 Å². The van der Waals surface area contributed by atoms with Crippen molar-refractivity contribution in [3.8, 4) is 5.75 Å². The Bertz CT molecular complexity index is 705. The standard InChI is InChI=1S/C22H29NO2.C2H6/c1-4-5-6-7-8-9-18-10-12-19(13-11-18)23-22(25)20-15-16(2)14-17(3)21(20)24;1-2/h10-15,24H,4-9H2,1-3H3,(H,23,25);1-2H3. The third kappa shape index (κ3) is 7.46. The van der Waals surface area contributed by atoms with E-state index >= 15 is 0 Å². The summed E-state index contributed by atoms with van der Waals surface area (Å²) in [4.78, 5) is 12.4. The van der Waals surface area contributed by atoms with Crippen molar-refractivity contribution in [2.45, 2.75) is 73.1 Å². The third-order valence-electron chi connectivity index (χ3n) is 4.47. The zero-order valence-corrected chi connectivity index (χ0v) is 17.6. The summed E-state index contributed by atoms with van der Waals surface area (Å²) in [5.41, 5.74) is 4.03. The average Bonchev–Trinajstić information content (AvgIpc) is 2.67. The van der Waals surface area contributed by atoms with Crippen molar-refractivity contribution < 1.29 is 9.90 Å². The predicted molar refractivity (Wildman–Crippen MR) is 116 cm³/mol. The molecule has 1 amide bonds. The molecule has 0 aliphatic heterocycles. The van der Waals surface area contributed by atoms with Gasteiger partial charge in [-0.2, -0.15) is 0 Å². The maximum Gasteiger partial charge on any atom is 0.259 e. The van der Waals surface area contributed by atoms with E-state index in [0.717, 1.165) is 17.7 Å². The van der Waals surface area contributed by atoms with Crippen LogP contribution in [0.3, 0.4) is 0 Å². The lowest BCUT2D eigenvalue weighted by Gasteiger charge is -2.10. The number of unbranched alkanes of at least 4 members (excludes halogenated alkanes) is 4. The highest BCUT2D eigenvalue weighted by atomic mass is 16.3. The van der Waals surface area contributed by atoms with Gasteiger partial charge in [-0.25, -0.2) is 0 Å². The second-order valence-corrected chi connectivity index (χ2v) is 6.79. The lowest BCUT2D eigenvalue weighted by Crippen LogP contribution is -2.12. The van der Waals surface area contributed by atoms with E-state index < -0.39 is 0 Å².